The summed E-state index contributed by atoms with van der Waals surface area (Å²) >= 11 is 0. The number of aromatic amines is 1. The normalized spacial score (nSPS) is 14.6. The average Bonchev–Trinajstić information content (AvgIpc) is 3.36. The number of ether oxygens (including phenoxy) is 3. The zero-order valence-electron chi connectivity index (χ0n) is 19.7. The lowest BCUT2D eigenvalue weighted by atomic mass is 10.1. The number of aryl methyl sites for hydroxylation is 1. The number of hydrogen-bond donors (Lipinski definition) is 2. The SMILES string of the molecule is O=C(Nc1cccc2c1OC(c1nn[nH]n1)CCO2)c1ccc(OCCCCc2ccccc2)cc1. The summed E-state index contributed by atoms with van der Waals surface area (Å²) in [7, 11) is 0. The molecular formula is C27H27N5O4. The molecule has 1 aliphatic rings. The Hall–Kier alpha value is -4.40. The van der Waals surface area contributed by atoms with E-state index in [-0.39, 0.29) is 5.91 Å². The van der Waals surface area contributed by atoms with Crippen LogP contribution in [0.15, 0.2) is 72.8 Å². The zero-order chi connectivity index (χ0) is 24.6. The van der Waals surface area contributed by atoms with Gasteiger partial charge in [0.15, 0.2) is 17.6 Å². The van der Waals surface area contributed by atoms with Crippen LogP contribution in [-0.2, 0) is 6.42 Å². The van der Waals surface area contributed by atoms with Gasteiger partial charge in [0.25, 0.3) is 5.91 Å². The van der Waals surface area contributed by atoms with Gasteiger partial charge in [0.2, 0.25) is 5.82 Å². The number of nitrogens with one attached hydrogen (secondary N) is 2. The number of hydrogen-bond acceptors (Lipinski definition) is 7. The van der Waals surface area contributed by atoms with Gasteiger partial charge in [-0.3, -0.25) is 4.79 Å². The molecule has 1 atom stereocenters. The van der Waals surface area contributed by atoms with Crippen molar-refractivity contribution in [1.82, 2.24) is 20.6 Å². The highest BCUT2D eigenvalue weighted by molar-refractivity contribution is 6.05. The highest BCUT2D eigenvalue weighted by Gasteiger charge is 2.26. The quantitative estimate of drug-likeness (QED) is 0.329. The Bertz CT molecular complexity index is 1260. The second-order valence-corrected chi connectivity index (χ2v) is 8.42. The molecule has 9 heteroatoms. The third kappa shape index (κ3) is 5.80. The van der Waals surface area contributed by atoms with Gasteiger partial charge in [-0.05, 0) is 61.2 Å². The van der Waals surface area contributed by atoms with E-state index in [1.807, 2.05) is 18.2 Å². The number of H-pyrrole nitrogens is 1. The molecule has 0 aliphatic carbocycles. The predicted octanol–water partition coefficient (Wildman–Crippen LogP) is 4.76. The Morgan fingerprint density at radius 3 is 2.69 bits per heavy atom. The molecule has 4 aromatic rings. The summed E-state index contributed by atoms with van der Waals surface area (Å²) in [5.41, 5.74) is 2.35. The molecule has 1 amide bonds. The van der Waals surface area contributed by atoms with Gasteiger partial charge in [-0.2, -0.15) is 5.21 Å². The first-order valence-electron chi connectivity index (χ1n) is 12.0. The molecule has 1 aromatic heterocycles. The number of anilines is 1. The van der Waals surface area contributed by atoms with Crippen LogP contribution in [-0.4, -0.2) is 39.7 Å². The maximum absolute atomic E-state index is 13.0. The summed E-state index contributed by atoms with van der Waals surface area (Å²) in [5, 5.41) is 17.0. The molecular weight excluding hydrogens is 458 g/mol. The number of para-hydroxylation sites is 1. The van der Waals surface area contributed by atoms with Crippen molar-refractivity contribution in [3.63, 3.8) is 0 Å². The number of aromatic nitrogens is 4. The van der Waals surface area contributed by atoms with Crippen molar-refractivity contribution in [2.75, 3.05) is 18.5 Å². The van der Waals surface area contributed by atoms with Gasteiger partial charge in [0.1, 0.15) is 5.75 Å². The minimum Gasteiger partial charge on any atom is -0.494 e. The first-order chi connectivity index (χ1) is 17.8. The second-order valence-electron chi connectivity index (χ2n) is 8.42. The van der Waals surface area contributed by atoms with Crippen LogP contribution in [0.25, 0.3) is 0 Å². The molecule has 0 fully saturated rings. The van der Waals surface area contributed by atoms with Crippen molar-refractivity contribution in [2.45, 2.75) is 31.8 Å². The largest absolute Gasteiger partial charge is 0.494 e. The molecule has 0 spiro atoms. The number of nitrogens with zero attached hydrogens (tertiary/aromatic N) is 3. The van der Waals surface area contributed by atoms with Crippen molar-refractivity contribution < 1.29 is 19.0 Å². The Kier molecular flexibility index (Phi) is 7.36. The smallest absolute Gasteiger partial charge is 0.255 e. The lowest BCUT2D eigenvalue weighted by Crippen LogP contribution is -2.14. The molecule has 2 N–H and O–H groups in total. The number of tetrazole rings is 1. The first kappa shape index (κ1) is 23.3. The predicted molar refractivity (Wildman–Crippen MR) is 133 cm³/mol. The molecule has 0 saturated heterocycles. The van der Waals surface area contributed by atoms with Gasteiger partial charge in [-0.1, -0.05) is 41.6 Å². The van der Waals surface area contributed by atoms with Crippen molar-refractivity contribution in [3.05, 3.63) is 89.7 Å². The number of rotatable bonds is 9. The summed E-state index contributed by atoms with van der Waals surface area (Å²) in [6, 6.07) is 22.9. The number of carbonyl (C=O) groups excluding carboxylic acids is 1. The minimum atomic E-state index is -0.438. The fraction of sp³-hybridized carbons (Fsp3) is 0.259. The van der Waals surface area contributed by atoms with E-state index in [0.717, 1.165) is 25.0 Å². The van der Waals surface area contributed by atoms with Crippen LogP contribution < -0.4 is 19.5 Å². The molecule has 0 bridgehead atoms. The van der Waals surface area contributed by atoms with Gasteiger partial charge in [-0.25, -0.2) is 0 Å². The Morgan fingerprint density at radius 1 is 1.03 bits per heavy atom. The van der Waals surface area contributed by atoms with E-state index in [0.29, 0.717) is 48.2 Å². The number of amides is 1. The fourth-order valence-corrected chi connectivity index (χ4v) is 3.98. The monoisotopic (exact) mass is 485 g/mol. The van der Waals surface area contributed by atoms with Gasteiger partial charge >= 0.3 is 0 Å². The topological polar surface area (TPSA) is 111 Å². The maximum atomic E-state index is 13.0. The fourth-order valence-electron chi connectivity index (χ4n) is 3.98. The van der Waals surface area contributed by atoms with Gasteiger partial charge in [0, 0.05) is 12.0 Å². The van der Waals surface area contributed by atoms with Crippen LogP contribution in [0.1, 0.15) is 47.1 Å². The van der Waals surface area contributed by atoms with Crippen molar-refractivity contribution in [1.29, 1.82) is 0 Å². The number of benzene rings is 3. The first-order valence-corrected chi connectivity index (χ1v) is 12.0. The van der Waals surface area contributed by atoms with E-state index in [4.69, 9.17) is 14.2 Å². The van der Waals surface area contributed by atoms with Gasteiger partial charge < -0.3 is 19.5 Å². The number of carbonyl (C=O) groups is 1. The molecule has 1 unspecified atom stereocenters. The number of unbranched alkanes of at least 4 members (excludes halogenated alkanes) is 1. The van der Waals surface area contributed by atoms with Crippen LogP contribution in [0.2, 0.25) is 0 Å². The molecule has 9 nitrogen and oxygen atoms in total. The Morgan fingerprint density at radius 2 is 1.89 bits per heavy atom. The van der Waals surface area contributed by atoms with E-state index in [9.17, 15) is 4.79 Å². The Balaban J connectivity index is 1.16. The molecule has 0 radical (unpaired) electrons. The van der Waals surface area contributed by atoms with Crippen molar-refractivity contribution >= 4 is 11.6 Å². The van der Waals surface area contributed by atoms with E-state index in [1.54, 1.807) is 30.3 Å². The number of fused-ring (bicyclic) bond motifs is 1. The highest BCUT2D eigenvalue weighted by Crippen LogP contribution is 2.41. The maximum Gasteiger partial charge on any atom is 0.255 e. The van der Waals surface area contributed by atoms with Crippen LogP contribution in [0.4, 0.5) is 5.69 Å². The summed E-state index contributed by atoms with van der Waals surface area (Å²) in [6.45, 7) is 1.06. The van der Waals surface area contributed by atoms with Crippen LogP contribution in [0, 0.1) is 0 Å². The third-order valence-electron chi connectivity index (χ3n) is 5.86. The summed E-state index contributed by atoms with van der Waals surface area (Å²) in [5.74, 6) is 1.90. The Labute approximate surface area is 208 Å². The zero-order valence-corrected chi connectivity index (χ0v) is 19.7. The molecule has 2 heterocycles. The average molecular weight is 486 g/mol. The van der Waals surface area contributed by atoms with E-state index < -0.39 is 6.10 Å². The van der Waals surface area contributed by atoms with Crippen molar-refractivity contribution in [2.24, 2.45) is 0 Å². The lowest BCUT2D eigenvalue weighted by Gasteiger charge is -2.16. The van der Waals surface area contributed by atoms with Crippen LogP contribution in [0.3, 0.4) is 0 Å². The molecule has 3 aromatic carbocycles. The summed E-state index contributed by atoms with van der Waals surface area (Å²) in [4.78, 5) is 13.0. The van der Waals surface area contributed by atoms with E-state index in [2.05, 4.69) is 50.2 Å². The van der Waals surface area contributed by atoms with E-state index >= 15 is 0 Å². The minimum absolute atomic E-state index is 0.262. The third-order valence-corrected chi connectivity index (χ3v) is 5.86. The second kappa shape index (κ2) is 11.4. The molecule has 36 heavy (non-hydrogen) atoms. The van der Waals surface area contributed by atoms with Crippen LogP contribution in [0.5, 0.6) is 17.2 Å². The molecule has 1 aliphatic heterocycles. The molecule has 0 saturated carbocycles. The van der Waals surface area contributed by atoms with E-state index in [1.165, 1.54) is 5.56 Å². The summed E-state index contributed by atoms with van der Waals surface area (Å²) < 4.78 is 17.8. The van der Waals surface area contributed by atoms with Crippen LogP contribution >= 0.6 is 0 Å². The van der Waals surface area contributed by atoms with Gasteiger partial charge in [-0.15, -0.1) is 10.2 Å². The standard InChI is InChI=1S/C27H27N5O4/c33-27(20-12-14-21(15-13-20)34-17-5-4-9-19-7-2-1-3-8-19)28-22-10-6-11-23-25(22)36-24(16-18-35-23)26-29-31-32-30-26/h1-3,6-8,10-15,24H,4-5,9,16-18H2,(H,28,33)(H,29,30,31,32). The highest BCUT2D eigenvalue weighted by atomic mass is 16.5. The molecule has 184 valence electrons. The molecule has 5 rings (SSSR count). The lowest BCUT2D eigenvalue weighted by molar-refractivity contribution is 0.102. The van der Waals surface area contributed by atoms with Crippen molar-refractivity contribution in [3.8, 4) is 17.2 Å². The van der Waals surface area contributed by atoms with Gasteiger partial charge in [0.05, 0.1) is 18.9 Å². The summed E-state index contributed by atoms with van der Waals surface area (Å²) in [6.07, 6.45) is 3.17.